The lowest BCUT2D eigenvalue weighted by atomic mass is 10.00. The molecule has 10 nitrogen and oxygen atoms in total. The number of aryl methyl sites for hydroxylation is 1. The lowest BCUT2D eigenvalue weighted by molar-refractivity contribution is -0.140. The van der Waals surface area contributed by atoms with Crippen molar-refractivity contribution in [2.24, 2.45) is 5.92 Å². The first-order valence-corrected chi connectivity index (χ1v) is 10.9. The molecule has 1 aliphatic heterocycles. The lowest BCUT2D eigenvalue weighted by Crippen LogP contribution is -2.55. The van der Waals surface area contributed by atoms with Crippen LogP contribution in [0.15, 0.2) is 42.7 Å². The van der Waals surface area contributed by atoms with Crippen molar-refractivity contribution in [2.75, 3.05) is 6.54 Å². The number of carbonyl (C=O) groups is 4. The van der Waals surface area contributed by atoms with Crippen molar-refractivity contribution < 1.29 is 23.9 Å². The number of nitrogens with zero attached hydrogens (tertiary/aromatic N) is 2. The van der Waals surface area contributed by atoms with E-state index in [9.17, 15) is 19.2 Å². The minimum Gasteiger partial charge on any atom is -0.445 e. The van der Waals surface area contributed by atoms with E-state index in [2.05, 4.69) is 21.0 Å². The molecule has 33 heavy (non-hydrogen) atoms. The fraction of sp³-hybridized carbons (Fsp3) is 0.435. The zero-order chi connectivity index (χ0) is 23.8. The fourth-order valence-electron chi connectivity index (χ4n) is 3.46. The van der Waals surface area contributed by atoms with E-state index < -0.39 is 35.8 Å². The molecule has 0 spiro atoms. The molecule has 0 aliphatic carbocycles. The van der Waals surface area contributed by atoms with E-state index >= 15 is 0 Å². The Labute approximate surface area is 192 Å². The van der Waals surface area contributed by atoms with Crippen LogP contribution in [0.5, 0.6) is 0 Å². The maximum atomic E-state index is 13.0. The van der Waals surface area contributed by atoms with Gasteiger partial charge < -0.3 is 20.7 Å². The Morgan fingerprint density at radius 3 is 2.73 bits per heavy atom. The second-order valence-corrected chi connectivity index (χ2v) is 8.26. The summed E-state index contributed by atoms with van der Waals surface area (Å²) in [6.45, 7) is 4.29. The van der Waals surface area contributed by atoms with Gasteiger partial charge in [0.05, 0.1) is 18.8 Å². The molecule has 0 fully saturated rings. The zero-order valence-electron chi connectivity index (χ0n) is 18.7. The highest BCUT2D eigenvalue weighted by Crippen LogP contribution is 2.10. The maximum Gasteiger partial charge on any atom is 0.408 e. The number of benzene rings is 1. The predicted molar refractivity (Wildman–Crippen MR) is 119 cm³/mol. The third-order valence-corrected chi connectivity index (χ3v) is 5.33. The molecule has 3 rings (SSSR count). The van der Waals surface area contributed by atoms with Crippen molar-refractivity contribution in [1.82, 2.24) is 25.7 Å². The Kier molecular flexibility index (Phi) is 8.17. The monoisotopic (exact) mass is 455 g/mol. The smallest absolute Gasteiger partial charge is 0.408 e. The van der Waals surface area contributed by atoms with E-state index in [-0.39, 0.29) is 25.5 Å². The van der Waals surface area contributed by atoms with Gasteiger partial charge in [0.1, 0.15) is 12.6 Å². The quantitative estimate of drug-likeness (QED) is 0.556. The maximum absolute atomic E-state index is 13.0. The van der Waals surface area contributed by atoms with Gasteiger partial charge in [-0.05, 0) is 29.9 Å². The Morgan fingerprint density at radius 2 is 2.00 bits per heavy atom. The highest BCUT2D eigenvalue weighted by Gasteiger charge is 2.32. The minimum absolute atomic E-state index is 0.0636. The van der Waals surface area contributed by atoms with E-state index in [1.54, 1.807) is 24.7 Å². The van der Waals surface area contributed by atoms with E-state index in [1.165, 1.54) is 0 Å². The molecule has 10 heteroatoms. The van der Waals surface area contributed by atoms with Gasteiger partial charge in [-0.3, -0.25) is 19.1 Å². The second kappa shape index (κ2) is 11.3. The molecular formula is C23H29N5O5. The first-order chi connectivity index (χ1) is 15.8. The number of ether oxygens (including phenoxy) is 1. The number of ketones is 1. The van der Waals surface area contributed by atoms with Crippen LogP contribution in [0, 0.1) is 5.92 Å². The van der Waals surface area contributed by atoms with Gasteiger partial charge in [-0.2, -0.15) is 5.10 Å². The topological polar surface area (TPSA) is 131 Å². The van der Waals surface area contributed by atoms with E-state index in [0.29, 0.717) is 13.0 Å². The summed E-state index contributed by atoms with van der Waals surface area (Å²) >= 11 is 0. The second-order valence-electron chi connectivity index (χ2n) is 8.26. The van der Waals surface area contributed by atoms with Crippen LogP contribution in [0.4, 0.5) is 4.79 Å². The third-order valence-electron chi connectivity index (χ3n) is 5.33. The Morgan fingerprint density at radius 1 is 1.24 bits per heavy atom. The average molecular weight is 456 g/mol. The number of rotatable bonds is 6. The standard InChI is InChI=1S/C23H29N5O5/c1-15(2)19(27-23(32)33-14-16-6-4-3-5-7-16)21(30)26-18-9-8-17-12-25-28(13-17)11-10-24-22(31)20(18)29/h3-7,12-13,15,18-19H,8-11,14H2,1-2H3,(H,24,31)(H,26,30)(H,27,32). The van der Waals surface area contributed by atoms with Gasteiger partial charge in [-0.1, -0.05) is 44.2 Å². The molecule has 2 aromatic rings. The van der Waals surface area contributed by atoms with E-state index in [1.807, 2.05) is 36.5 Å². The fourth-order valence-corrected chi connectivity index (χ4v) is 3.46. The molecule has 1 aromatic heterocycles. The van der Waals surface area contributed by atoms with Crippen molar-refractivity contribution >= 4 is 23.7 Å². The van der Waals surface area contributed by atoms with Crippen molar-refractivity contribution in [3.63, 3.8) is 0 Å². The number of hydrogen-bond acceptors (Lipinski definition) is 6. The lowest BCUT2D eigenvalue weighted by Gasteiger charge is -2.24. The molecule has 1 aliphatic rings. The Balaban J connectivity index is 1.63. The van der Waals surface area contributed by atoms with Gasteiger partial charge in [0.2, 0.25) is 11.7 Å². The number of alkyl carbamates (subject to hydrolysis) is 1. The SMILES string of the molecule is CC(C)C(NC(=O)OCc1ccccc1)C(=O)NC1CCc2cnn(c2)CCNC(=O)C1=O. The largest absolute Gasteiger partial charge is 0.445 e. The summed E-state index contributed by atoms with van der Waals surface area (Å²) < 4.78 is 6.91. The summed E-state index contributed by atoms with van der Waals surface area (Å²) in [5.41, 5.74) is 1.72. The molecule has 3 amide bonds. The highest BCUT2D eigenvalue weighted by molar-refractivity contribution is 6.38. The Hall–Kier alpha value is -3.69. The van der Waals surface area contributed by atoms with Gasteiger partial charge >= 0.3 is 6.09 Å². The highest BCUT2D eigenvalue weighted by atomic mass is 16.5. The van der Waals surface area contributed by atoms with E-state index in [4.69, 9.17) is 4.74 Å². The van der Waals surface area contributed by atoms with Crippen LogP contribution in [0.25, 0.3) is 0 Å². The molecule has 1 aromatic carbocycles. The van der Waals surface area contributed by atoms with Crippen LogP contribution in [0.2, 0.25) is 0 Å². The molecule has 2 heterocycles. The van der Waals surface area contributed by atoms with Crippen LogP contribution in [0.3, 0.4) is 0 Å². The summed E-state index contributed by atoms with van der Waals surface area (Å²) in [6.07, 6.45) is 3.50. The van der Waals surface area contributed by atoms with Crippen molar-refractivity contribution in [3.05, 3.63) is 53.9 Å². The van der Waals surface area contributed by atoms with Crippen LogP contribution < -0.4 is 16.0 Å². The molecule has 0 radical (unpaired) electrons. The summed E-state index contributed by atoms with van der Waals surface area (Å²) in [5.74, 6) is -2.31. The van der Waals surface area contributed by atoms with Crippen molar-refractivity contribution in [2.45, 2.75) is 51.9 Å². The minimum atomic E-state index is -1.03. The number of hydrogen-bond donors (Lipinski definition) is 3. The first kappa shape index (κ1) is 24.0. The molecule has 2 unspecified atom stereocenters. The number of amides is 3. The number of aromatic nitrogens is 2. The normalized spacial score (nSPS) is 17.5. The number of fused-ring (bicyclic) bond motifs is 2. The number of carbonyl (C=O) groups excluding carboxylic acids is 4. The molecular weight excluding hydrogens is 426 g/mol. The van der Waals surface area contributed by atoms with Gasteiger partial charge in [-0.25, -0.2) is 4.79 Å². The average Bonchev–Trinajstić information content (AvgIpc) is 3.25. The van der Waals surface area contributed by atoms with Gasteiger partial charge in [0.15, 0.2) is 0 Å². The van der Waals surface area contributed by atoms with Crippen LogP contribution in [-0.2, 0) is 38.7 Å². The summed E-state index contributed by atoms with van der Waals surface area (Å²) in [6, 6.07) is 7.20. The molecule has 0 saturated heterocycles. The van der Waals surface area contributed by atoms with Crippen molar-refractivity contribution in [1.29, 1.82) is 0 Å². The van der Waals surface area contributed by atoms with E-state index in [0.717, 1.165) is 11.1 Å². The van der Waals surface area contributed by atoms with Crippen LogP contribution >= 0.6 is 0 Å². The molecule has 176 valence electrons. The molecule has 2 atom stereocenters. The summed E-state index contributed by atoms with van der Waals surface area (Å²) in [7, 11) is 0. The van der Waals surface area contributed by atoms with Crippen LogP contribution in [-0.4, -0.2) is 52.1 Å². The van der Waals surface area contributed by atoms with Crippen molar-refractivity contribution in [3.8, 4) is 0 Å². The third kappa shape index (κ3) is 6.90. The molecule has 2 bridgehead atoms. The van der Waals surface area contributed by atoms with Gasteiger partial charge in [0, 0.05) is 12.7 Å². The number of nitrogens with one attached hydrogen (secondary N) is 3. The summed E-state index contributed by atoms with van der Waals surface area (Å²) in [4.78, 5) is 50.2. The summed E-state index contributed by atoms with van der Waals surface area (Å²) in [5, 5.41) is 12.0. The van der Waals surface area contributed by atoms with Gasteiger partial charge in [0.25, 0.3) is 5.91 Å². The van der Waals surface area contributed by atoms with Crippen LogP contribution in [0.1, 0.15) is 31.4 Å². The van der Waals surface area contributed by atoms with Gasteiger partial charge in [-0.15, -0.1) is 0 Å². The predicted octanol–water partition coefficient (Wildman–Crippen LogP) is 0.950. The Bertz CT molecular complexity index is 988. The molecule has 3 N–H and O–H groups in total. The number of Topliss-reactive ketones (excluding diaryl/α,β-unsaturated/α-hetero) is 1. The molecule has 0 saturated carbocycles. The zero-order valence-corrected chi connectivity index (χ0v) is 18.7. The first-order valence-electron chi connectivity index (χ1n) is 10.9.